The van der Waals surface area contributed by atoms with Crippen LogP contribution in [0.15, 0.2) is 73.0 Å². The first-order valence-corrected chi connectivity index (χ1v) is 9.68. The Morgan fingerprint density at radius 3 is 2.50 bits per heavy atom. The topological polar surface area (TPSA) is 71.4 Å². The second-order valence-electron chi connectivity index (χ2n) is 6.88. The van der Waals surface area contributed by atoms with E-state index >= 15 is 0 Å². The standard InChI is InChI=1S/C23H18ClN3O3/c1-2-11-27-22(29)19(21(28)25-23(27)30)12-16-14-26(20-6-4-3-5-18(16)20)13-15-7-9-17(24)10-8-15/h2-10,12,14H,1,11,13H2,(H,25,28,30)/b19-12-. The van der Waals surface area contributed by atoms with Gasteiger partial charge in [0.15, 0.2) is 0 Å². The molecule has 1 aromatic heterocycles. The minimum atomic E-state index is -0.743. The van der Waals surface area contributed by atoms with Gasteiger partial charge in [-0.05, 0) is 29.8 Å². The monoisotopic (exact) mass is 419 g/mol. The van der Waals surface area contributed by atoms with Gasteiger partial charge in [-0.3, -0.25) is 19.8 Å². The number of para-hydroxylation sites is 1. The van der Waals surface area contributed by atoms with Crippen molar-refractivity contribution in [2.75, 3.05) is 6.54 Å². The molecule has 2 heterocycles. The largest absolute Gasteiger partial charge is 0.342 e. The molecule has 1 N–H and O–H groups in total. The molecule has 4 amide bonds. The van der Waals surface area contributed by atoms with Crippen LogP contribution in [0, 0.1) is 0 Å². The van der Waals surface area contributed by atoms with Gasteiger partial charge in [0.1, 0.15) is 5.57 Å². The zero-order valence-corrected chi connectivity index (χ0v) is 16.7. The van der Waals surface area contributed by atoms with Crippen LogP contribution in [0.2, 0.25) is 5.02 Å². The molecule has 1 aliphatic heterocycles. The molecule has 0 aliphatic carbocycles. The molecule has 0 atom stereocenters. The summed E-state index contributed by atoms with van der Waals surface area (Å²) in [5.74, 6) is -1.35. The lowest BCUT2D eigenvalue weighted by atomic mass is 10.1. The molecule has 0 spiro atoms. The molecule has 0 saturated carbocycles. The lowest BCUT2D eigenvalue weighted by molar-refractivity contribution is -0.129. The highest BCUT2D eigenvalue weighted by atomic mass is 35.5. The Bertz CT molecular complexity index is 1210. The van der Waals surface area contributed by atoms with Gasteiger partial charge in [-0.2, -0.15) is 0 Å². The van der Waals surface area contributed by atoms with E-state index in [0.29, 0.717) is 17.1 Å². The van der Waals surface area contributed by atoms with E-state index in [1.807, 2.05) is 59.3 Å². The van der Waals surface area contributed by atoms with E-state index in [0.717, 1.165) is 21.4 Å². The summed E-state index contributed by atoms with van der Waals surface area (Å²) in [4.78, 5) is 37.9. The van der Waals surface area contributed by atoms with E-state index in [4.69, 9.17) is 11.6 Å². The Kier molecular flexibility index (Phi) is 5.25. The smallest absolute Gasteiger partial charge is 0.331 e. The van der Waals surface area contributed by atoms with Crippen LogP contribution >= 0.6 is 11.6 Å². The second-order valence-corrected chi connectivity index (χ2v) is 7.31. The van der Waals surface area contributed by atoms with Gasteiger partial charge >= 0.3 is 6.03 Å². The Balaban J connectivity index is 1.76. The number of benzene rings is 2. The first kappa shape index (κ1) is 19.7. The molecule has 0 unspecified atom stereocenters. The number of amides is 4. The Hall–Kier alpha value is -3.64. The number of rotatable bonds is 5. The van der Waals surface area contributed by atoms with E-state index in [1.165, 1.54) is 12.2 Å². The summed E-state index contributed by atoms with van der Waals surface area (Å²) >= 11 is 5.98. The molecule has 3 aromatic rings. The molecule has 30 heavy (non-hydrogen) atoms. The van der Waals surface area contributed by atoms with Crippen molar-refractivity contribution in [3.05, 3.63) is 89.1 Å². The summed E-state index contributed by atoms with van der Waals surface area (Å²) in [7, 11) is 0. The van der Waals surface area contributed by atoms with E-state index in [-0.39, 0.29) is 12.1 Å². The lowest BCUT2D eigenvalue weighted by Crippen LogP contribution is -2.54. The van der Waals surface area contributed by atoms with Crippen molar-refractivity contribution >= 4 is 46.4 Å². The first-order valence-electron chi connectivity index (χ1n) is 9.30. The molecule has 6 nitrogen and oxygen atoms in total. The number of fused-ring (bicyclic) bond motifs is 1. The third kappa shape index (κ3) is 3.65. The molecule has 0 bridgehead atoms. The van der Waals surface area contributed by atoms with Gasteiger partial charge in [0.05, 0.1) is 0 Å². The van der Waals surface area contributed by atoms with Gasteiger partial charge in [0.2, 0.25) is 0 Å². The zero-order valence-electron chi connectivity index (χ0n) is 16.0. The van der Waals surface area contributed by atoms with Crippen LogP contribution in [0.3, 0.4) is 0 Å². The number of nitrogens with one attached hydrogen (secondary N) is 1. The summed E-state index contributed by atoms with van der Waals surface area (Å²) in [6.07, 6.45) is 4.85. The van der Waals surface area contributed by atoms with Crippen molar-refractivity contribution in [1.29, 1.82) is 0 Å². The van der Waals surface area contributed by atoms with Crippen LogP contribution in [0.5, 0.6) is 0 Å². The highest BCUT2D eigenvalue weighted by molar-refractivity contribution is 6.31. The lowest BCUT2D eigenvalue weighted by Gasteiger charge is -2.25. The van der Waals surface area contributed by atoms with Crippen LogP contribution in [0.4, 0.5) is 4.79 Å². The summed E-state index contributed by atoms with van der Waals surface area (Å²) in [6.45, 7) is 4.17. The van der Waals surface area contributed by atoms with Gasteiger partial charge in [-0.1, -0.05) is 48.0 Å². The molecule has 2 aromatic carbocycles. The van der Waals surface area contributed by atoms with Gasteiger partial charge in [0, 0.05) is 40.8 Å². The molecular formula is C23H18ClN3O3. The number of carbonyl (C=O) groups excluding carboxylic acids is 3. The van der Waals surface area contributed by atoms with Crippen LogP contribution in [0.25, 0.3) is 17.0 Å². The second kappa shape index (κ2) is 8.00. The van der Waals surface area contributed by atoms with Crippen LogP contribution < -0.4 is 5.32 Å². The number of imide groups is 2. The number of nitrogens with zero attached hydrogens (tertiary/aromatic N) is 2. The van der Waals surface area contributed by atoms with Crippen LogP contribution in [0.1, 0.15) is 11.1 Å². The van der Waals surface area contributed by atoms with Crippen molar-refractivity contribution in [3.8, 4) is 0 Å². The highest BCUT2D eigenvalue weighted by Crippen LogP contribution is 2.26. The normalized spacial score (nSPS) is 15.7. The number of barbiturate groups is 1. The molecule has 1 aliphatic rings. The maximum atomic E-state index is 12.7. The van der Waals surface area contributed by atoms with Crippen LogP contribution in [-0.2, 0) is 16.1 Å². The van der Waals surface area contributed by atoms with E-state index in [2.05, 4.69) is 11.9 Å². The summed E-state index contributed by atoms with van der Waals surface area (Å²) in [5.41, 5.74) is 2.65. The first-order chi connectivity index (χ1) is 14.5. The number of urea groups is 1. The van der Waals surface area contributed by atoms with E-state index in [1.54, 1.807) is 0 Å². The number of halogens is 1. The molecule has 4 rings (SSSR count). The average molecular weight is 420 g/mol. The number of carbonyl (C=O) groups is 3. The predicted octanol–water partition coefficient (Wildman–Crippen LogP) is 3.99. The Morgan fingerprint density at radius 1 is 1.03 bits per heavy atom. The van der Waals surface area contributed by atoms with Gasteiger partial charge in [-0.25, -0.2) is 4.79 Å². The van der Waals surface area contributed by atoms with Gasteiger partial charge in [-0.15, -0.1) is 6.58 Å². The summed E-state index contributed by atoms with van der Waals surface area (Å²) < 4.78 is 2.04. The zero-order chi connectivity index (χ0) is 21.3. The van der Waals surface area contributed by atoms with Gasteiger partial charge in [0.25, 0.3) is 11.8 Å². The number of aromatic nitrogens is 1. The third-order valence-corrected chi connectivity index (χ3v) is 5.13. The number of hydrogen-bond donors (Lipinski definition) is 1. The Labute approximate surface area is 178 Å². The molecule has 1 saturated heterocycles. The van der Waals surface area contributed by atoms with Crippen molar-refractivity contribution < 1.29 is 14.4 Å². The van der Waals surface area contributed by atoms with Gasteiger partial charge < -0.3 is 4.57 Å². The third-order valence-electron chi connectivity index (χ3n) is 4.88. The van der Waals surface area contributed by atoms with Crippen LogP contribution in [-0.4, -0.2) is 33.9 Å². The SMILES string of the molecule is C=CCN1C(=O)NC(=O)/C(=C/c2cn(Cc3ccc(Cl)cc3)c3ccccc23)C1=O. The Morgan fingerprint density at radius 2 is 1.77 bits per heavy atom. The summed E-state index contributed by atoms with van der Waals surface area (Å²) in [6, 6.07) is 14.6. The van der Waals surface area contributed by atoms with Crippen molar-refractivity contribution in [3.63, 3.8) is 0 Å². The molecule has 7 heteroatoms. The average Bonchev–Trinajstić information content (AvgIpc) is 3.07. The number of hydrogen-bond acceptors (Lipinski definition) is 3. The minimum Gasteiger partial charge on any atom is -0.342 e. The molecule has 0 radical (unpaired) electrons. The van der Waals surface area contributed by atoms with E-state index in [9.17, 15) is 14.4 Å². The fourth-order valence-corrected chi connectivity index (χ4v) is 3.58. The highest BCUT2D eigenvalue weighted by Gasteiger charge is 2.35. The molecule has 1 fully saturated rings. The molecule has 150 valence electrons. The van der Waals surface area contributed by atoms with E-state index < -0.39 is 17.8 Å². The predicted molar refractivity (Wildman–Crippen MR) is 116 cm³/mol. The van der Waals surface area contributed by atoms with Crippen molar-refractivity contribution in [2.24, 2.45) is 0 Å². The fourth-order valence-electron chi connectivity index (χ4n) is 3.45. The maximum absolute atomic E-state index is 12.7. The minimum absolute atomic E-state index is 0.0214. The maximum Gasteiger partial charge on any atom is 0.331 e. The van der Waals surface area contributed by atoms with Crippen molar-refractivity contribution in [1.82, 2.24) is 14.8 Å². The van der Waals surface area contributed by atoms with Crippen molar-refractivity contribution in [2.45, 2.75) is 6.54 Å². The summed E-state index contributed by atoms with van der Waals surface area (Å²) in [5, 5.41) is 3.77. The molecular weight excluding hydrogens is 402 g/mol. The quantitative estimate of drug-likeness (QED) is 0.386. The fraction of sp³-hybridized carbons (Fsp3) is 0.0870.